The Morgan fingerprint density at radius 2 is 1.75 bits per heavy atom. The summed E-state index contributed by atoms with van der Waals surface area (Å²) in [5.41, 5.74) is 1.92. The zero-order valence-corrected chi connectivity index (χ0v) is 22.4. The Bertz CT molecular complexity index is 1180. The molecule has 0 radical (unpaired) electrons. The highest BCUT2D eigenvalue weighted by molar-refractivity contribution is 7.92. The van der Waals surface area contributed by atoms with Crippen LogP contribution in [0, 0.1) is 12.7 Å². The summed E-state index contributed by atoms with van der Waals surface area (Å²) in [6.45, 7) is 3.16. The van der Waals surface area contributed by atoms with E-state index < -0.39 is 34.3 Å². The zero-order chi connectivity index (χ0) is 26.5. The van der Waals surface area contributed by atoms with E-state index in [-0.39, 0.29) is 29.2 Å². The van der Waals surface area contributed by atoms with E-state index in [1.807, 2.05) is 31.2 Å². The minimum absolute atomic E-state index is 0.0619. The van der Waals surface area contributed by atoms with Crippen LogP contribution in [0.15, 0.2) is 42.5 Å². The fraction of sp³-hybridized carbons (Fsp3) is 0.462. The van der Waals surface area contributed by atoms with E-state index in [9.17, 15) is 22.4 Å². The Morgan fingerprint density at radius 1 is 1.11 bits per heavy atom. The van der Waals surface area contributed by atoms with Crippen LogP contribution in [-0.2, 0) is 26.2 Å². The lowest BCUT2D eigenvalue weighted by Crippen LogP contribution is -2.52. The number of anilines is 1. The van der Waals surface area contributed by atoms with Crippen molar-refractivity contribution >= 4 is 39.1 Å². The number of carbonyl (C=O) groups excluding carboxylic acids is 2. The number of benzene rings is 2. The molecule has 36 heavy (non-hydrogen) atoms. The zero-order valence-electron chi connectivity index (χ0n) is 20.8. The minimum Gasteiger partial charge on any atom is -0.352 e. The molecule has 1 aliphatic rings. The Labute approximate surface area is 217 Å². The van der Waals surface area contributed by atoms with E-state index >= 15 is 0 Å². The van der Waals surface area contributed by atoms with Crippen LogP contribution in [0.4, 0.5) is 10.1 Å². The number of amides is 2. The number of carbonyl (C=O) groups is 2. The molecule has 2 aromatic rings. The van der Waals surface area contributed by atoms with Gasteiger partial charge in [0.05, 0.1) is 17.0 Å². The molecule has 7 nitrogen and oxygen atoms in total. The van der Waals surface area contributed by atoms with E-state index in [4.69, 9.17) is 11.6 Å². The van der Waals surface area contributed by atoms with Crippen molar-refractivity contribution in [3.05, 3.63) is 64.4 Å². The van der Waals surface area contributed by atoms with Crippen molar-refractivity contribution in [1.29, 1.82) is 0 Å². The minimum atomic E-state index is -3.92. The Hall–Kier alpha value is -2.65. The Kier molecular flexibility index (Phi) is 9.35. The monoisotopic (exact) mass is 537 g/mol. The highest BCUT2D eigenvalue weighted by Crippen LogP contribution is 2.25. The van der Waals surface area contributed by atoms with Crippen molar-refractivity contribution in [3.8, 4) is 0 Å². The standard InChI is InChI=1S/C26H33ClFN3O4S/c1-18-9-11-20(12-10-18)16-30(19(2)26(33)29-21-7-5-4-6-8-21)25(32)17-31(36(3,34)35)22-13-14-24(28)23(27)15-22/h9-15,19,21H,4-8,16-17H2,1-3H3,(H,29,33)/t19-/m0/s1. The summed E-state index contributed by atoms with van der Waals surface area (Å²) < 4.78 is 39.7. The summed E-state index contributed by atoms with van der Waals surface area (Å²) in [6.07, 6.45) is 6.01. The maximum atomic E-state index is 13.7. The molecule has 1 fully saturated rings. The first-order valence-corrected chi connectivity index (χ1v) is 14.3. The molecule has 0 spiro atoms. The van der Waals surface area contributed by atoms with Gasteiger partial charge in [0, 0.05) is 12.6 Å². The average Bonchev–Trinajstić information content (AvgIpc) is 2.83. The van der Waals surface area contributed by atoms with Gasteiger partial charge in [0.2, 0.25) is 21.8 Å². The molecule has 0 aromatic heterocycles. The van der Waals surface area contributed by atoms with Crippen LogP contribution in [0.1, 0.15) is 50.2 Å². The molecule has 1 atom stereocenters. The van der Waals surface area contributed by atoms with Gasteiger partial charge < -0.3 is 10.2 Å². The molecule has 1 aliphatic carbocycles. The number of nitrogens with zero attached hydrogens (tertiary/aromatic N) is 2. The number of nitrogens with one attached hydrogen (secondary N) is 1. The van der Waals surface area contributed by atoms with Crippen LogP contribution in [0.3, 0.4) is 0 Å². The number of hydrogen-bond donors (Lipinski definition) is 1. The van der Waals surface area contributed by atoms with E-state index in [1.54, 1.807) is 6.92 Å². The quantitative estimate of drug-likeness (QED) is 0.513. The predicted molar refractivity (Wildman–Crippen MR) is 140 cm³/mol. The van der Waals surface area contributed by atoms with Gasteiger partial charge in [-0.3, -0.25) is 13.9 Å². The van der Waals surface area contributed by atoms with E-state index in [0.717, 1.165) is 65.9 Å². The smallest absolute Gasteiger partial charge is 0.244 e. The third-order valence-electron chi connectivity index (χ3n) is 6.46. The van der Waals surface area contributed by atoms with Crippen molar-refractivity contribution in [2.75, 3.05) is 17.1 Å². The maximum absolute atomic E-state index is 13.7. The van der Waals surface area contributed by atoms with Gasteiger partial charge in [-0.1, -0.05) is 60.7 Å². The van der Waals surface area contributed by atoms with E-state index in [0.29, 0.717) is 0 Å². The van der Waals surface area contributed by atoms with Crippen molar-refractivity contribution in [2.45, 2.75) is 64.6 Å². The molecule has 0 unspecified atom stereocenters. The van der Waals surface area contributed by atoms with Gasteiger partial charge in [-0.2, -0.15) is 0 Å². The van der Waals surface area contributed by atoms with Crippen molar-refractivity contribution in [2.24, 2.45) is 0 Å². The molecule has 1 N–H and O–H groups in total. The first-order valence-electron chi connectivity index (χ1n) is 12.0. The van der Waals surface area contributed by atoms with Gasteiger partial charge in [-0.15, -0.1) is 0 Å². The van der Waals surface area contributed by atoms with Gasteiger partial charge in [-0.05, 0) is 50.5 Å². The Balaban J connectivity index is 1.87. The largest absolute Gasteiger partial charge is 0.352 e. The second kappa shape index (κ2) is 12.1. The fourth-order valence-corrected chi connectivity index (χ4v) is 5.31. The fourth-order valence-electron chi connectivity index (χ4n) is 4.30. The summed E-state index contributed by atoms with van der Waals surface area (Å²) in [6, 6.07) is 10.3. The SMILES string of the molecule is Cc1ccc(CN(C(=O)CN(c2ccc(F)c(Cl)c2)S(C)(=O)=O)[C@@H](C)C(=O)NC2CCCCC2)cc1. The van der Waals surface area contributed by atoms with Crippen LogP contribution in [0.2, 0.25) is 5.02 Å². The maximum Gasteiger partial charge on any atom is 0.244 e. The van der Waals surface area contributed by atoms with Gasteiger partial charge in [0.15, 0.2) is 0 Å². The number of hydrogen-bond acceptors (Lipinski definition) is 4. The Morgan fingerprint density at radius 3 is 2.33 bits per heavy atom. The molecule has 0 saturated heterocycles. The number of aryl methyl sites for hydroxylation is 1. The normalized spacial score (nSPS) is 15.2. The molecule has 1 saturated carbocycles. The van der Waals surface area contributed by atoms with Crippen LogP contribution in [-0.4, -0.2) is 50.0 Å². The van der Waals surface area contributed by atoms with Crippen molar-refractivity contribution < 1.29 is 22.4 Å². The molecule has 2 amide bonds. The summed E-state index contributed by atoms with van der Waals surface area (Å²) in [4.78, 5) is 28.1. The molecule has 2 aromatic carbocycles. The number of rotatable bonds is 9. The topological polar surface area (TPSA) is 86.8 Å². The predicted octanol–water partition coefficient (Wildman–Crippen LogP) is 4.42. The second-order valence-electron chi connectivity index (χ2n) is 9.39. The third-order valence-corrected chi connectivity index (χ3v) is 7.89. The van der Waals surface area contributed by atoms with Crippen molar-refractivity contribution in [3.63, 3.8) is 0 Å². The van der Waals surface area contributed by atoms with Gasteiger partial charge in [-0.25, -0.2) is 12.8 Å². The summed E-state index contributed by atoms with van der Waals surface area (Å²) in [5.74, 6) is -1.54. The van der Waals surface area contributed by atoms with Crippen LogP contribution < -0.4 is 9.62 Å². The number of halogens is 2. The van der Waals surface area contributed by atoms with Crippen molar-refractivity contribution in [1.82, 2.24) is 10.2 Å². The van der Waals surface area contributed by atoms with E-state index in [2.05, 4.69) is 5.32 Å². The highest BCUT2D eigenvalue weighted by Gasteiger charge is 2.31. The molecular formula is C26H33ClFN3O4S. The second-order valence-corrected chi connectivity index (χ2v) is 11.7. The molecule has 196 valence electrons. The molecule has 0 bridgehead atoms. The van der Waals surface area contributed by atoms with Gasteiger partial charge >= 0.3 is 0 Å². The van der Waals surface area contributed by atoms with E-state index in [1.165, 1.54) is 11.0 Å². The molecular weight excluding hydrogens is 505 g/mol. The van der Waals surface area contributed by atoms with Crippen LogP contribution >= 0.6 is 11.6 Å². The third kappa shape index (κ3) is 7.43. The lowest BCUT2D eigenvalue weighted by atomic mass is 9.95. The van der Waals surface area contributed by atoms with Crippen LogP contribution in [0.25, 0.3) is 0 Å². The lowest BCUT2D eigenvalue weighted by Gasteiger charge is -2.33. The number of sulfonamides is 1. The average molecular weight is 538 g/mol. The highest BCUT2D eigenvalue weighted by atomic mass is 35.5. The molecule has 10 heteroatoms. The summed E-state index contributed by atoms with van der Waals surface area (Å²) in [7, 11) is -3.92. The lowest BCUT2D eigenvalue weighted by molar-refractivity contribution is -0.139. The van der Waals surface area contributed by atoms with Gasteiger partial charge in [0.25, 0.3) is 0 Å². The molecule has 0 aliphatic heterocycles. The molecule has 0 heterocycles. The first-order chi connectivity index (χ1) is 17.0. The molecule has 3 rings (SSSR count). The van der Waals surface area contributed by atoms with Gasteiger partial charge in [0.1, 0.15) is 18.4 Å². The summed E-state index contributed by atoms with van der Waals surface area (Å²) in [5, 5.41) is 2.80. The summed E-state index contributed by atoms with van der Waals surface area (Å²) >= 11 is 5.87. The van der Waals surface area contributed by atoms with Crippen LogP contribution in [0.5, 0.6) is 0 Å². The first kappa shape index (κ1) is 27.9.